The van der Waals surface area contributed by atoms with Gasteiger partial charge in [-0.05, 0) is 18.6 Å². The van der Waals surface area contributed by atoms with Crippen molar-refractivity contribution in [3.63, 3.8) is 0 Å². The second-order valence-corrected chi connectivity index (χ2v) is 4.78. The summed E-state index contributed by atoms with van der Waals surface area (Å²) >= 11 is 0. The van der Waals surface area contributed by atoms with E-state index < -0.39 is 23.3 Å². The van der Waals surface area contributed by atoms with Gasteiger partial charge in [-0.2, -0.15) is 0 Å². The first-order valence-corrected chi connectivity index (χ1v) is 6.63. The van der Waals surface area contributed by atoms with Crippen LogP contribution in [0, 0.1) is 17.0 Å². The van der Waals surface area contributed by atoms with Gasteiger partial charge < -0.3 is 9.84 Å². The number of carbonyl (C=O) groups excluding carboxylic acids is 2. The van der Waals surface area contributed by atoms with E-state index in [2.05, 4.69) is 0 Å². The maximum atomic E-state index is 11.9. The Hall–Kier alpha value is -3.22. The fourth-order valence-electron chi connectivity index (χ4n) is 1.91. The third-order valence-corrected chi connectivity index (χ3v) is 3.17. The summed E-state index contributed by atoms with van der Waals surface area (Å²) in [4.78, 5) is 33.9. The van der Waals surface area contributed by atoms with Crippen LogP contribution in [0.15, 0.2) is 42.5 Å². The summed E-state index contributed by atoms with van der Waals surface area (Å²) in [6.07, 6.45) is 0. The summed E-state index contributed by atoms with van der Waals surface area (Å²) in [5.74, 6) is -1.63. The summed E-state index contributed by atoms with van der Waals surface area (Å²) in [6, 6.07) is 9.72. The Morgan fingerprint density at radius 1 is 1.22 bits per heavy atom. The monoisotopic (exact) mass is 315 g/mol. The Morgan fingerprint density at radius 3 is 2.61 bits per heavy atom. The molecule has 0 fully saturated rings. The van der Waals surface area contributed by atoms with E-state index >= 15 is 0 Å². The summed E-state index contributed by atoms with van der Waals surface area (Å²) < 4.78 is 4.86. The minimum Gasteiger partial charge on any atom is -0.507 e. The van der Waals surface area contributed by atoms with Gasteiger partial charge in [0.25, 0.3) is 5.69 Å². The zero-order valence-corrected chi connectivity index (χ0v) is 12.2. The van der Waals surface area contributed by atoms with E-state index in [0.29, 0.717) is 5.56 Å². The number of aryl methyl sites for hydroxylation is 1. The van der Waals surface area contributed by atoms with Crippen LogP contribution in [0.3, 0.4) is 0 Å². The quantitative estimate of drug-likeness (QED) is 0.393. The number of nitro groups is 1. The van der Waals surface area contributed by atoms with Crippen LogP contribution in [0.1, 0.15) is 26.3 Å². The molecule has 0 aliphatic heterocycles. The summed E-state index contributed by atoms with van der Waals surface area (Å²) in [6.45, 7) is 1.05. The number of non-ortho nitro benzene ring substituents is 1. The Morgan fingerprint density at radius 2 is 1.91 bits per heavy atom. The van der Waals surface area contributed by atoms with Crippen LogP contribution in [0.5, 0.6) is 5.75 Å². The number of ketones is 1. The number of phenols is 1. The Bertz CT molecular complexity index is 784. The van der Waals surface area contributed by atoms with Crippen molar-refractivity contribution in [3.05, 3.63) is 69.3 Å². The smallest absolute Gasteiger partial charge is 0.342 e. The SMILES string of the molecule is Cc1cccc(C(=O)OCC(=O)c2cccc([N+](=O)[O-])c2)c1O. The van der Waals surface area contributed by atoms with Crippen molar-refractivity contribution in [2.24, 2.45) is 0 Å². The molecule has 0 aliphatic carbocycles. The first-order chi connectivity index (χ1) is 10.9. The van der Waals surface area contributed by atoms with Crippen LogP contribution in [-0.2, 0) is 4.74 Å². The Balaban J connectivity index is 2.07. The van der Waals surface area contributed by atoms with Crippen LogP contribution in [-0.4, -0.2) is 28.4 Å². The number of nitro benzene ring substituents is 1. The molecule has 2 rings (SSSR count). The van der Waals surface area contributed by atoms with Gasteiger partial charge in [-0.25, -0.2) is 4.79 Å². The molecule has 0 saturated carbocycles. The van der Waals surface area contributed by atoms with Gasteiger partial charge in [-0.3, -0.25) is 14.9 Å². The number of carbonyl (C=O) groups is 2. The third-order valence-electron chi connectivity index (χ3n) is 3.17. The number of para-hydroxylation sites is 1. The molecule has 0 saturated heterocycles. The minimum atomic E-state index is -0.843. The highest BCUT2D eigenvalue weighted by atomic mass is 16.6. The molecule has 2 aromatic carbocycles. The maximum Gasteiger partial charge on any atom is 0.342 e. The van der Waals surface area contributed by atoms with Gasteiger partial charge in [0.05, 0.1) is 4.92 Å². The number of hydrogen-bond donors (Lipinski definition) is 1. The maximum absolute atomic E-state index is 11.9. The zero-order chi connectivity index (χ0) is 17.0. The lowest BCUT2D eigenvalue weighted by atomic mass is 10.1. The molecule has 118 valence electrons. The van der Waals surface area contributed by atoms with Gasteiger partial charge in [-0.15, -0.1) is 0 Å². The average molecular weight is 315 g/mol. The number of ether oxygens (including phenoxy) is 1. The van der Waals surface area contributed by atoms with Crippen molar-refractivity contribution in [2.45, 2.75) is 6.92 Å². The number of aromatic hydroxyl groups is 1. The standard InChI is InChI=1S/C16H13NO6/c1-10-4-2-7-13(15(10)19)16(20)23-9-14(18)11-5-3-6-12(8-11)17(21)22/h2-8,19H,9H2,1H3. The fourth-order valence-corrected chi connectivity index (χ4v) is 1.91. The number of Topliss-reactive ketones (excluding diaryl/α,β-unsaturated/α-hetero) is 1. The molecular weight excluding hydrogens is 302 g/mol. The molecule has 1 N–H and O–H groups in total. The van der Waals surface area contributed by atoms with Crippen LogP contribution >= 0.6 is 0 Å². The fraction of sp³-hybridized carbons (Fsp3) is 0.125. The average Bonchev–Trinajstić information content (AvgIpc) is 2.55. The predicted molar refractivity (Wildman–Crippen MR) is 80.6 cm³/mol. The molecule has 0 heterocycles. The van der Waals surface area contributed by atoms with Gasteiger partial charge in [-0.1, -0.05) is 24.3 Å². The van der Waals surface area contributed by atoms with Gasteiger partial charge >= 0.3 is 5.97 Å². The number of phenolic OH excluding ortho intramolecular Hbond substituents is 1. The Kier molecular flexibility index (Phi) is 4.70. The summed E-state index contributed by atoms with van der Waals surface area (Å²) in [5.41, 5.74) is 0.306. The first kappa shape index (κ1) is 16.2. The number of hydrogen-bond acceptors (Lipinski definition) is 6. The van der Waals surface area contributed by atoms with Crippen molar-refractivity contribution >= 4 is 17.4 Å². The minimum absolute atomic E-state index is 0.0446. The number of benzene rings is 2. The molecule has 0 aliphatic rings. The summed E-state index contributed by atoms with van der Waals surface area (Å²) in [5, 5.41) is 20.5. The molecule has 0 bridgehead atoms. The van der Waals surface area contributed by atoms with Crippen molar-refractivity contribution < 1.29 is 24.4 Å². The highest BCUT2D eigenvalue weighted by molar-refractivity contribution is 6.00. The topological polar surface area (TPSA) is 107 Å². The van der Waals surface area contributed by atoms with Crippen molar-refractivity contribution in [1.29, 1.82) is 0 Å². The molecule has 23 heavy (non-hydrogen) atoms. The zero-order valence-electron chi connectivity index (χ0n) is 12.2. The molecular formula is C16H13NO6. The van der Waals surface area contributed by atoms with Crippen LogP contribution in [0.25, 0.3) is 0 Å². The van der Waals surface area contributed by atoms with E-state index in [1.54, 1.807) is 19.1 Å². The predicted octanol–water partition coefficient (Wildman–Crippen LogP) is 2.65. The summed E-state index contributed by atoms with van der Waals surface area (Å²) in [7, 11) is 0. The van der Waals surface area contributed by atoms with Gasteiger partial charge in [0.15, 0.2) is 6.61 Å². The molecule has 0 aromatic heterocycles. The first-order valence-electron chi connectivity index (χ1n) is 6.63. The number of esters is 1. The molecule has 0 radical (unpaired) electrons. The third kappa shape index (κ3) is 3.70. The highest BCUT2D eigenvalue weighted by Crippen LogP contribution is 2.22. The van der Waals surface area contributed by atoms with Crippen molar-refractivity contribution in [1.82, 2.24) is 0 Å². The molecule has 2 aromatic rings. The second-order valence-electron chi connectivity index (χ2n) is 4.78. The lowest BCUT2D eigenvalue weighted by Crippen LogP contribution is -2.14. The Labute approximate surface area is 131 Å². The number of nitrogens with zero attached hydrogens (tertiary/aromatic N) is 1. The van der Waals surface area contributed by atoms with Crippen LogP contribution < -0.4 is 0 Å². The van der Waals surface area contributed by atoms with Crippen molar-refractivity contribution in [2.75, 3.05) is 6.61 Å². The van der Waals surface area contributed by atoms with Crippen LogP contribution in [0.2, 0.25) is 0 Å². The molecule has 7 heteroatoms. The lowest BCUT2D eigenvalue weighted by molar-refractivity contribution is -0.384. The van der Waals surface area contributed by atoms with E-state index in [9.17, 15) is 24.8 Å². The van der Waals surface area contributed by atoms with E-state index in [1.807, 2.05) is 0 Å². The van der Waals surface area contributed by atoms with E-state index in [1.165, 1.54) is 24.3 Å². The lowest BCUT2D eigenvalue weighted by Gasteiger charge is -2.07. The van der Waals surface area contributed by atoms with E-state index in [0.717, 1.165) is 6.07 Å². The second kappa shape index (κ2) is 6.69. The van der Waals surface area contributed by atoms with Gasteiger partial charge in [0, 0.05) is 17.7 Å². The molecule has 0 spiro atoms. The van der Waals surface area contributed by atoms with E-state index in [-0.39, 0.29) is 22.6 Å². The van der Waals surface area contributed by atoms with Crippen molar-refractivity contribution in [3.8, 4) is 5.75 Å². The van der Waals surface area contributed by atoms with Crippen LogP contribution in [0.4, 0.5) is 5.69 Å². The van der Waals surface area contributed by atoms with E-state index in [4.69, 9.17) is 4.74 Å². The molecule has 0 amide bonds. The normalized spacial score (nSPS) is 10.1. The highest BCUT2D eigenvalue weighted by Gasteiger charge is 2.17. The van der Waals surface area contributed by atoms with Gasteiger partial charge in [0.2, 0.25) is 5.78 Å². The molecule has 0 atom stereocenters. The largest absolute Gasteiger partial charge is 0.507 e. The molecule has 0 unspecified atom stereocenters. The van der Waals surface area contributed by atoms with Gasteiger partial charge in [0.1, 0.15) is 11.3 Å². The molecule has 7 nitrogen and oxygen atoms in total. The number of rotatable bonds is 5.